The molecule has 0 nitrogen and oxygen atoms in total. The van der Waals surface area contributed by atoms with Crippen molar-refractivity contribution < 1.29 is 0 Å². The van der Waals surface area contributed by atoms with Crippen LogP contribution in [0.2, 0.25) is 0 Å². The standard InChI is InChI=1S/C13H14Si/c1-3-7-12(8-4-1)11-14-13-9-5-2-6-10-13/h1-10H,11,14H2. The van der Waals surface area contributed by atoms with E-state index in [0.29, 0.717) is 0 Å². The van der Waals surface area contributed by atoms with Crippen molar-refractivity contribution in [3.05, 3.63) is 66.2 Å². The Morgan fingerprint density at radius 3 is 1.93 bits per heavy atom. The summed E-state index contributed by atoms with van der Waals surface area (Å²) in [4.78, 5) is 0. The minimum atomic E-state index is -0.110. The lowest BCUT2D eigenvalue weighted by Gasteiger charge is -2.00. The Bertz CT molecular complexity index is 327. The average Bonchev–Trinajstić information content (AvgIpc) is 2.29. The Morgan fingerprint density at radius 2 is 1.29 bits per heavy atom. The highest BCUT2D eigenvalue weighted by molar-refractivity contribution is 6.52. The van der Waals surface area contributed by atoms with Crippen LogP contribution in [0.4, 0.5) is 0 Å². The molecule has 0 aliphatic heterocycles. The van der Waals surface area contributed by atoms with Crippen molar-refractivity contribution >= 4 is 14.7 Å². The zero-order valence-electron chi connectivity index (χ0n) is 8.19. The lowest BCUT2D eigenvalue weighted by molar-refractivity contribution is 1.39. The number of hydrogen-bond acceptors (Lipinski definition) is 0. The maximum atomic E-state index is 2.25. The van der Waals surface area contributed by atoms with E-state index in [0.717, 1.165) is 0 Å². The smallest absolute Gasteiger partial charge is 0.0590 e. The van der Waals surface area contributed by atoms with Gasteiger partial charge in [0, 0.05) is 0 Å². The van der Waals surface area contributed by atoms with Gasteiger partial charge < -0.3 is 0 Å². The molecule has 0 bridgehead atoms. The van der Waals surface area contributed by atoms with Crippen LogP contribution in [0.5, 0.6) is 0 Å². The molecule has 0 heterocycles. The summed E-state index contributed by atoms with van der Waals surface area (Å²) in [5.74, 6) is 0. The molecule has 0 aliphatic carbocycles. The normalized spacial score (nSPS) is 10.9. The third-order valence-electron chi connectivity index (χ3n) is 2.39. The van der Waals surface area contributed by atoms with Gasteiger partial charge in [0.15, 0.2) is 0 Å². The molecule has 0 atom stereocenters. The summed E-state index contributed by atoms with van der Waals surface area (Å²) in [6.45, 7) is 0. The van der Waals surface area contributed by atoms with Gasteiger partial charge in [0.05, 0.1) is 9.52 Å². The number of hydrogen-bond donors (Lipinski definition) is 0. The average molecular weight is 198 g/mol. The summed E-state index contributed by atoms with van der Waals surface area (Å²) in [6.07, 6.45) is 0. The van der Waals surface area contributed by atoms with Gasteiger partial charge in [-0.2, -0.15) is 0 Å². The molecular formula is C13H14Si. The van der Waals surface area contributed by atoms with Crippen LogP contribution in [-0.2, 0) is 6.04 Å². The van der Waals surface area contributed by atoms with Gasteiger partial charge in [0.1, 0.15) is 0 Å². The largest absolute Gasteiger partial charge is 0.0666 e. The number of benzene rings is 2. The van der Waals surface area contributed by atoms with Gasteiger partial charge >= 0.3 is 0 Å². The van der Waals surface area contributed by atoms with Gasteiger partial charge in [-0.05, 0) is 6.04 Å². The first-order valence-electron chi connectivity index (χ1n) is 5.03. The molecule has 0 fully saturated rings. The van der Waals surface area contributed by atoms with Gasteiger partial charge in [-0.25, -0.2) is 0 Å². The molecule has 70 valence electrons. The first-order chi connectivity index (χ1) is 6.95. The summed E-state index contributed by atoms with van der Waals surface area (Å²) in [5.41, 5.74) is 1.48. The Balaban J connectivity index is 1.96. The van der Waals surface area contributed by atoms with E-state index in [1.165, 1.54) is 11.6 Å². The molecule has 2 aromatic carbocycles. The van der Waals surface area contributed by atoms with E-state index in [-0.39, 0.29) is 9.52 Å². The minimum absolute atomic E-state index is 0.110. The second-order valence-corrected chi connectivity index (χ2v) is 5.29. The van der Waals surface area contributed by atoms with E-state index in [9.17, 15) is 0 Å². The van der Waals surface area contributed by atoms with Crippen molar-refractivity contribution in [2.75, 3.05) is 0 Å². The van der Waals surface area contributed by atoms with Crippen LogP contribution in [-0.4, -0.2) is 9.52 Å². The van der Waals surface area contributed by atoms with E-state index in [4.69, 9.17) is 0 Å². The minimum Gasteiger partial charge on any atom is -0.0666 e. The first-order valence-corrected chi connectivity index (χ1v) is 6.74. The van der Waals surface area contributed by atoms with E-state index in [1.54, 1.807) is 5.19 Å². The second-order valence-electron chi connectivity index (χ2n) is 3.47. The molecule has 2 rings (SSSR count). The van der Waals surface area contributed by atoms with Crippen molar-refractivity contribution in [1.29, 1.82) is 0 Å². The zero-order valence-corrected chi connectivity index (χ0v) is 9.60. The van der Waals surface area contributed by atoms with Crippen LogP contribution in [0.15, 0.2) is 60.7 Å². The van der Waals surface area contributed by atoms with Gasteiger partial charge in [-0.3, -0.25) is 0 Å². The molecule has 0 aromatic heterocycles. The highest BCUT2D eigenvalue weighted by atomic mass is 28.2. The molecule has 1 heteroatoms. The van der Waals surface area contributed by atoms with Crippen molar-refractivity contribution in [1.82, 2.24) is 0 Å². The van der Waals surface area contributed by atoms with E-state index < -0.39 is 0 Å². The van der Waals surface area contributed by atoms with Gasteiger partial charge in [0.25, 0.3) is 0 Å². The lowest BCUT2D eigenvalue weighted by Crippen LogP contribution is -2.15. The first kappa shape index (κ1) is 9.22. The van der Waals surface area contributed by atoms with Gasteiger partial charge in [0.2, 0.25) is 0 Å². The topological polar surface area (TPSA) is 0 Å². The Labute approximate surface area is 87.4 Å². The Morgan fingerprint density at radius 1 is 0.714 bits per heavy atom. The van der Waals surface area contributed by atoms with Crippen LogP contribution in [0.1, 0.15) is 5.56 Å². The third-order valence-corrected chi connectivity index (χ3v) is 4.26. The summed E-state index contributed by atoms with van der Waals surface area (Å²) in [5, 5.41) is 1.55. The fourth-order valence-corrected chi connectivity index (χ4v) is 3.09. The van der Waals surface area contributed by atoms with Crippen LogP contribution >= 0.6 is 0 Å². The van der Waals surface area contributed by atoms with Gasteiger partial charge in [-0.1, -0.05) is 71.4 Å². The molecule has 0 radical (unpaired) electrons. The fraction of sp³-hybridized carbons (Fsp3) is 0.0769. The van der Waals surface area contributed by atoms with E-state index in [1.807, 2.05) is 0 Å². The molecule has 0 unspecified atom stereocenters. The summed E-state index contributed by atoms with van der Waals surface area (Å²) >= 11 is 0. The predicted molar refractivity (Wildman–Crippen MR) is 64.8 cm³/mol. The quantitative estimate of drug-likeness (QED) is 0.658. The van der Waals surface area contributed by atoms with Crippen molar-refractivity contribution in [2.24, 2.45) is 0 Å². The van der Waals surface area contributed by atoms with Crippen LogP contribution in [0.3, 0.4) is 0 Å². The van der Waals surface area contributed by atoms with Crippen LogP contribution in [0, 0.1) is 0 Å². The number of rotatable bonds is 3. The molecule has 0 saturated heterocycles. The molecule has 0 saturated carbocycles. The molecule has 0 amide bonds. The second kappa shape index (κ2) is 4.77. The van der Waals surface area contributed by atoms with Crippen molar-refractivity contribution in [3.8, 4) is 0 Å². The molecule has 0 spiro atoms. The Kier molecular flexibility index (Phi) is 3.14. The van der Waals surface area contributed by atoms with Gasteiger partial charge in [-0.15, -0.1) is 0 Å². The third kappa shape index (κ3) is 2.57. The van der Waals surface area contributed by atoms with E-state index in [2.05, 4.69) is 60.7 Å². The maximum absolute atomic E-state index is 2.25. The summed E-state index contributed by atoms with van der Waals surface area (Å²) in [6, 6.07) is 22.9. The van der Waals surface area contributed by atoms with Crippen molar-refractivity contribution in [3.63, 3.8) is 0 Å². The molecule has 0 aliphatic rings. The van der Waals surface area contributed by atoms with Crippen molar-refractivity contribution in [2.45, 2.75) is 6.04 Å². The summed E-state index contributed by atoms with van der Waals surface area (Å²) < 4.78 is 0. The summed E-state index contributed by atoms with van der Waals surface area (Å²) in [7, 11) is -0.110. The Hall–Kier alpha value is -1.34. The van der Waals surface area contributed by atoms with Crippen LogP contribution < -0.4 is 5.19 Å². The van der Waals surface area contributed by atoms with Crippen LogP contribution in [0.25, 0.3) is 0 Å². The maximum Gasteiger partial charge on any atom is 0.0590 e. The lowest BCUT2D eigenvalue weighted by atomic mass is 10.2. The highest BCUT2D eigenvalue weighted by Crippen LogP contribution is 1.98. The molecular weight excluding hydrogens is 184 g/mol. The predicted octanol–water partition coefficient (Wildman–Crippen LogP) is 1.68. The SMILES string of the molecule is c1ccc(C[SiH2]c2ccccc2)cc1. The molecule has 14 heavy (non-hydrogen) atoms. The van der Waals surface area contributed by atoms with E-state index >= 15 is 0 Å². The monoisotopic (exact) mass is 198 g/mol. The fourth-order valence-electron chi connectivity index (χ4n) is 1.58. The molecule has 2 aromatic rings. The highest BCUT2D eigenvalue weighted by Gasteiger charge is 1.94. The molecule has 0 N–H and O–H groups in total. The zero-order chi connectivity index (χ0) is 9.64.